The predicted molar refractivity (Wildman–Crippen MR) is 77.4 cm³/mol. The first kappa shape index (κ1) is 19.4. The van der Waals surface area contributed by atoms with E-state index in [2.05, 4.69) is 4.74 Å². The SMILES string of the molecule is COC(=O)CN(C(=O)OC(C)(C)C)C(=O)[C@@H](N)CC(C)C. The molecule has 0 aliphatic heterocycles. The third-order valence-electron chi connectivity index (χ3n) is 2.44. The molecule has 122 valence electrons. The minimum Gasteiger partial charge on any atom is -0.468 e. The molecular weight excluding hydrogens is 276 g/mol. The molecule has 0 bridgehead atoms. The molecule has 0 spiro atoms. The van der Waals surface area contributed by atoms with E-state index in [9.17, 15) is 14.4 Å². The van der Waals surface area contributed by atoms with Crippen LogP contribution in [0.1, 0.15) is 41.0 Å². The van der Waals surface area contributed by atoms with Gasteiger partial charge in [0, 0.05) is 0 Å². The molecule has 0 saturated carbocycles. The second-order valence-electron chi connectivity index (χ2n) is 6.22. The first-order chi connectivity index (χ1) is 9.47. The van der Waals surface area contributed by atoms with Crippen LogP contribution < -0.4 is 5.73 Å². The smallest absolute Gasteiger partial charge is 0.417 e. The molecule has 0 aliphatic rings. The maximum absolute atomic E-state index is 12.2. The van der Waals surface area contributed by atoms with E-state index >= 15 is 0 Å². The van der Waals surface area contributed by atoms with Crippen molar-refractivity contribution in [3.05, 3.63) is 0 Å². The van der Waals surface area contributed by atoms with E-state index in [1.807, 2.05) is 13.8 Å². The summed E-state index contributed by atoms with van der Waals surface area (Å²) in [7, 11) is 1.17. The second-order valence-corrected chi connectivity index (χ2v) is 6.22. The Morgan fingerprint density at radius 3 is 2.10 bits per heavy atom. The van der Waals surface area contributed by atoms with Crippen LogP contribution in [-0.4, -0.2) is 48.2 Å². The van der Waals surface area contributed by atoms with Crippen LogP contribution in [0, 0.1) is 5.92 Å². The summed E-state index contributed by atoms with van der Waals surface area (Å²) in [6.07, 6.45) is -0.503. The number of nitrogens with two attached hydrogens (primary N) is 1. The fourth-order valence-corrected chi connectivity index (χ4v) is 1.55. The van der Waals surface area contributed by atoms with Crippen LogP contribution in [0.15, 0.2) is 0 Å². The highest BCUT2D eigenvalue weighted by atomic mass is 16.6. The van der Waals surface area contributed by atoms with E-state index in [-0.39, 0.29) is 5.92 Å². The lowest BCUT2D eigenvalue weighted by atomic mass is 10.0. The van der Waals surface area contributed by atoms with Gasteiger partial charge >= 0.3 is 12.1 Å². The third-order valence-corrected chi connectivity index (χ3v) is 2.44. The molecule has 0 heterocycles. The molecular formula is C14H26N2O5. The zero-order valence-electron chi connectivity index (χ0n) is 13.6. The summed E-state index contributed by atoms with van der Waals surface area (Å²) in [5.74, 6) is -1.18. The van der Waals surface area contributed by atoms with Crippen molar-refractivity contribution in [1.29, 1.82) is 0 Å². The Kier molecular flexibility index (Phi) is 7.35. The Hall–Kier alpha value is -1.63. The normalized spacial score (nSPS) is 12.8. The molecule has 7 heteroatoms. The van der Waals surface area contributed by atoms with Gasteiger partial charge in [0.05, 0.1) is 13.2 Å². The van der Waals surface area contributed by atoms with Crippen LogP contribution in [-0.2, 0) is 19.1 Å². The monoisotopic (exact) mass is 302 g/mol. The van der Waals surface area contributed by atoms with Crippen LogP contribution in [0.5, 0.6) is 0 Å². The number of hydrogen-bond donors (Lipinski definition) is 1. The van der Waals surface area contributed by atoms with Crippen LogP contribution in [0.25, 0.3) is 0 Å². The minimum absolute atomic E-state index is 0.183. The quantitative estimate of drug-likeness (QED) is 0.768. The van der Waals surface area contributed by atoms with E-state index in [4.69, 9.17) is 10.5 Å². The zero-order valence-corrected chi connectivity index (χ0v) is 13.6. The Morgan fingerprint density at radius 1 is 1.19 bits per heavy atom. The van der Waals surface area contributed by atoms with Gasteiger partial charge in [-0.3, -0.25) is 9.59 Å². The molecule has 2 amide bonds. The molecule has 0 radical (unpaired) electrons. The largest absolute Gasteiger partial charge is 0.468 e. The van der Waals surface area contributed by atoms with E-state index < -0.39 is 36.2 Å². The average molecular weight is 302 g/mol. The number of esters is 1. The van der Waals surface area contributed by atoms with Crippen molar-refractivity contribution in [3.8, 4) is 0 Å². The Labute approximate surface area is 125 Å². The average Bonchev–Trinajstić information content (AvgIpc) is 2.31. The summed E-state index contributed by atoms with van der Waals surface area (Å²) in [5.41, 5.74) is 5.00. The molecule has 0 aliphatic carbocycles. The van der Waals surface area contributed by atoms with Crippen molar-refractivity contribution in [2.45, 2.75) is 52.7 Å². The van der Waals surface area contributed by atoms with Gasteiger partial charge in [-0.1, -0.05) is 13.8 Å². The van der Waals surface area contributed by atoms with Crippen molar-refractivity contribution in [3.63, 3.8) is 0 Å². The van der Waals surface area contributed by atoms with E-state index in [1.165, 1.54) is 7.11 Å². The van der Waals surface area contributed by atoms with Gasteiger partial charge in [-0.05, 0) is 33.1 Å². The van der Waals surface area contributed by atoms with Gasteiger partial charge < -0.3 is 15.2 Å². The number of ether oxygens (including phenoxy) is 2. The van der Waals surface area contributed by atoms with Gasteiger partial charge in [-0.2, -0.15) is 0 Å². The number of methoxy groups -OCH3 is 1. The summed E-state index contributed by atoms with van der Waals surface area (Å²) in [5, 5.41) is 0. The summed E-state index contributed by atoms with van der Waals surface area (Å²) in [4.78, 5) is 36.4. The predicted octanol–water partition coefficient (Wildman–Crippen LogP) is 1.30. The van der Waals surface area contributed by atoms with E-state index in [1.54, 1.807) is 20.8 Å². The minimum atomic E-state index is -0.905. The molecule has 7 nitrogen and oxygen atoms in total. The molecule has 0 unspecified atom stereocenters. The summed E-state index contributed by atoms with van der Waals surface area (Å²) < 4.78 is 9.61. The van der Waals surface area contributed by atoms with Gasteiger partial charge in [-0.25, -0.2) is 9.69 Å². The fraction of sp³-hybridized carbons (Fsp3) is 0.786. The molecule has 1 atom stereocenters. The van der Waals surface area contributed by atoms with Crippen molar-refractivity contribution in [2.24, 2.45) is 11.7 Å². The number of amides is 2. The fourth-order valence-electron chi connectivity index (χ4n) is 1.55. The topological polar surface area (TPSA) is 98.9 Å². The highest BCUT2D eigenvalue weighted by Crippen LogP contribution is 2.12. The Balaban J connectivity index is 5.08. The van der Waals surface area contributed by atoms with Crippen LogP contribution >= 0.6 is 0 Å². The second kappa shape index (κ2) is 7.97. The molecule has 0 fully saturated rings. The number of imide groups is 1. The van der Waals surface area contributed by atoms with Gasteiger partial charge in [0.15, 0.2) is 0 Å². The van der Waals surface area contributed by atoms with Crippen LogP contribution in [0.3, 0.4) is 0 Å². The molecule has 0 aromatic carbocycles. The lowest BCUT2D eigenvalue weighted by Gasteiger charge is -2.27. The maximum Gasteiger partial charge on any atom is 0.417 e. The number of carbonyl (C=O) groups excluding carboxylic acids is 3. The summed E-state index contributed by atoms with van der Waals surface area (Å²) >= 11 is 0. The maximum atomic E-state index is 12.2. The Bertz CT molecular complexity index is 387. The van der Waals surface area contributed by atoms with Gasteiger partial charge in [0.1, 0.15) is 12.1 Å². The van der Waals surface area contributed by atoms with E-state index in [0.29, 0.717) is 11.3 Å². The summed E-state index contributed by atoms with van der Waals surface area (Å²) in [6, 6.07) is -0.873. The standard InChI is InChI=1S/C14H26N2O5/c1-9(2)7-10(15)12(18)16(8-11(17)20-6)13(19)21-14(3,4)5/h9-10H,7-8,15H2,1-6H3/t10-/m0/s1. The number of carbonyl (C=O) groups is 3. The lowest BCUT2D eigenvalue weighted by Crippen LogP contribution is -2.50. The number of nitrogens with zero attached hydrogens (tertiary/aromatic N) is 1. The molecule has 0 rings (SSSR count). The van der Waals surface area contributed by atoms with Crippen molar-refractivity contribution in [1.82, 2.24) is 4.90 Å². The lowest BCUT2D eigenvalue weighted by molar-refractivity contribution is -0.147. The molecule has 0 aromatic heterocycles. The number of hydrogen-bond acceptors (Lipinski definition) is 6. The van der Waals surface area contributed by atoms with Crippen LogP contribution in [0.4, 0.5) is 4.79 Å². The molecule has 0 aromatic rings. The van der Waals surface area contributed by atoms with Gasteiger partial charge in [-0.15, -0.1) is 0 Å². The van der Waals surface area contributed by atoms with Crippen molar-refractivity contribution >= 4 is 18.0 Å². The molecule has 0 saturated heterocycles. The molecule has 21 heavy (non-hydrogen) atoms. The first-order valence-electron chi connectivity index (χ1n) is 6.84. The highest BCUT2D eigenvalue weighted by Gasteiger charge is 2.32. The molecule has 2 N–H and O–H groups in total. The summed E-state index contributed by atoms with van der Waals surface area (Å²) in [6.45, 7) is 8.30. The zero-order chi connectivity index (χ0) is 16.8. The highest BCUT2D eigenvalue weighted by molar-refractivity contribution is 5.97. The van der Waals surface area contributed by atoms with Gasteiger partial charge in [0.2, 0.25) is 5.91 Å². The van der Waals surface area contributed by atoms with Gasteiger partial charge in [0.25, 0.3) is 0 Å². The van der Waals surface area contributed by atoms with E-state index in [0.717, 1.165) is 0 Å². The van der Waals surface area contributed by atoms with Crippen molar-refractivity contribution < 1.29 is 23.9 Å². The third kappa shape index (κ3) is 7.65. The number of rotatable bonds is 5. The van der Waals surface area contributed by atoms with Crippen molar-refractivity contribution in [2.75, 3.05) is 13.7 Å². The first-order valence-corrected chi connectivity index (χ1v) is 6.84. The Morgan fingerprint density at radius 2 is 1.71 bits per heavy atom. The van der Waals surface area contributed by atoms with Crippen LogP contribution in [0.2, 0.25) is 0 Å².